The van der Waals surface area contributed by atoms with E-state index >= 15 is 0 Å². The lowest BCUT2D eigenvalue weighted by Gasteiger charge is -2.25. The number of pyridine rings is 1. The Morgan fingerprint density at radius 1 is 1.32 bits per heavy atom. The van der Waals surface area contributed by atoms with E-state index in [1.54, 1.807) is 26.2 Å². The molecule has 0 fully saturated rings. The minimum Gasteiger partial charge on any atom is -0.481 e. The highest BCUT2D eigenvalue weighted by molar-refractivity contribution is 5.74. The van der Waals surface area contributed by atoms with Gasteiger partial charge < -0.3 is 15.7 Å². The molecule has 0 atom stereocenters. The third-order valence-electron chi connectivity index (χ3n) is 2.62. The van der Waals surface area contributed by atoms with Gasteiger partial charge in [-0.1, -0.05) is 0 Å². The average molecular weight is 265 g/mol. The summed E-state index contributed by atoms with van der Waals surface area (Å²) in [6.07, 6.45) is 3.72. The van der Waals surface area contributed by atoms with E-state index in [2.05, 4.69) is 15.6 Å². The Morgan fingerprint density at radius 2 is 1.95 bits per heavy atom. The topological polar surface area (TPSA) is 91.3 Å². The molecule has 1 aromatic heterocycles. The first-order valence-corrected chi connectivity index (χ1v) is 6.06. The van der Waals surface area contributed by atoms with E-state index in [-0.39, 0.29) is 12.5 Å². The number of nitrogens with zero attached hydrogens (tertiary/aromatic N) is 1. The van der Waals surface area contributed by atoms with Crippen molar-refractivity contribution in [2.24, 2.45) is 0 Å². The Labute approximate surface area is 112 Å². The molecule has 19 heavy (non-hydrogen) atoms. The van der Waals surface area contributed by atoms with Gasteiger partial charge in [-0.05, 0) is 38.0 Å². The Bertz CT molecular complexity index is 432. The zero-order valence-electron chi connectivity index (χ0n) is 11.1. The molecule has 0 aliphatic heterocycles. The molecule has 0 radical (unpaired) electrons. The second kappa shape index (κ2) is 6.72. The van der Waals surface area contributed by atoms with Crippen LogP contribution >= 0.6 is 0 Å². The number of urea groups is 1. The number of amides is 2. The summed E-state index contributed by atoms with van der Waals surface area (Å²) in [5.74, 6) is -0.868. The Balaban J connectivity index is 2.36. The average Bonchev–Trinajstić information content (AvgIpc) is 2.35. The van der Waals surface area contributed by atoms with E-state index in [1.165, 1.54) is 0 Å². The van der Waals surface area contributed by atoms with Crippen LogP contribution in [0.3, 0.4) is 0 Å². The number of hydrogen-bond donors (Lipinski definition) is 3. The normalized spacial score (nSPS) is 10.8. The molecule has 6 heteroatoms. The van der Waals surface area contributed by atoms with Crippen molar-refractivity contribution in [2.45, 2.75) is 38.8 Å². The van der Waals surface area contributed by atoms with Crippen molar-refractivity contribution < 1.29 is 14.7 Å². The first kappa shape index (κ1) is 14.9. The van der Waals surface area contributed by atoms with Crippen molar-refractivity contribution in [3.05, 3.63) is 30.1 Å². The molecule has 0 saturated heterocycles. The number of carboxylic acid groups (broad SMARTS) is 1. The van der Waals surface area contributed by atoms with E-state index in [0.29, 0.717) is 13.0 Å². The second-order valence-corrected chi connectivity index (χ2v) is 4.94. The van der Waals surface area contributed by atoms with Gasteiger partial charge in [-0.25, -0.2) is 4.79 Å². The van der Waals surface area contributed by atoms with E-state index < -0.39 is 11.5 Å². The minimum absolute atomic E-state index is 0.0254. The first-order valence-electron chi connectivity index (χ1n) is 6.06. The molecule has 1 heterocycles. The van der Waals surface area contributed by atoms with Crippen molar-refractivity contribution in [3.8, 4) is 0 Å². The summed E-state index contributed by atoms with van der Waals surface area (Å²) in [6, 6.07) is 3.32. The predicted octanol–water partition coefficient (Wildman–Crippen LogP) is 1.52. The Hall–Kier alpha value is -2.11. The Kier molecular flexibility index (Phi) is 5.29. The van der Waals surface area contributed by atoms with Crippen LogP contribution in [0.2, 0.25) is 0 Å². The monoisotopic (exact) mass is 265 g/mol. The summed E-state index contributed by atoms with van der Waals surface area (Å²) in [6.45, 7) is 3.99. The molecule has 1 rings (SSSR count). The van der Waals surface area contributed by atoms with Gasteiger partial charge in [-0.3, -0.25) is 9.78 Å². The summed E-state index contributed by atoms with van der Waals surface area (Å²) in [7, 11) is 0. The molecule has 0 spiro atoms. The van der Waals surface area contributed by atoms with Gasteiger partial charge in [0, 0.05) is 30.9 Å². The molecule has 104 valence electrons. The van der Waals surface area contributed by atoms with Gasteiger partial charge in [0.25, 0.3) is 0 Å². The number of nitrogens with one attached hydrogen (secondary N) is 2. The fraction of sp³-hybridized carbons (Fsp3) is 0.462. The number of rotatable bonds is 6. The first-order chi connectivity index (χ1) is 8.89. The van der Waals surface area contributed by atoms with Gasteiger partial charge in [-0.15, -0.1) is 0 Å². The van der Waals surface area contributed by atoms with Gasteiger partial charge >= 0.3 is 12.0 Å². The van der Waals surface area contributed by atoms with Crippen molar-refractivity contribution in [2.75, 3.05) is 0 Å². The van der Waals surface area contributed by atoms with Crippen LogP contribution in [-0.2, 0) is 11.3 Å². The van der Waals surface area contributed by atoms with Crippen LogP contribution in [0.15, 0.2) is 24.5 Å². The maximum absolute atomic E-state index is 11.7. The van der Waals surface area contributed by atoms with Gasteiger partial charge in [0.1, 0.15) is 0 Å². The molecule has 1 aromatic rings. The summed E-state index contributed by atoms with van der Waals surface area (Å²) in [5, 5.41) is 14.1. The smallest absolute Gasteiger partial charge is 0.315 e. The molecule has 6 nitrogen and oxygen atoms in total. The van der Waals surface area contributed by atoms with Crippen LogP contribution in [0, 0.1) is 0 Å². The van der Waals surface area contributed by atoms with Gasteiger partial charge in [-0.2, -0.15) is 0 Å². The highest BCUT2D eigenvalue weighted by Crippen LogP contribution is 2.10. The molecule has 0 aromatic carbocycles. The van der Waals surface area contributed by atoms with E-state index in [4.69, 9.17) is 5.11 Å². The highest BCUT2D eigenvalue weighted by atomic mass is 16.4. The second-order valence-electron chi connectivity index (χ2n) is 4.94. The molecule has 2 amide bonds. The molecular weight excluding hydrogens is 246 g/mol. The van der Waals surface area contributed by atoms with Crippen LogP contribution in [0.1, 0.15) is 32.3 Å². The molecule has 0 aliphatic carbocycles. The third-order valence-corrected chi connectivity index (χ3v) is 2.62. The molecule has 0 saturated carbocycles. The minimum atomic E-state index is -0.868. The zero-order chi connectivity index (χ0) is 14.3. The van der Waals surface area contributed by atoms with Gasteiger partial charge in [0.05, 0.1) is 0 Å². The van der Waals surface area contributed by atoms with Crippen molar-refractivity contribution in [3.63, 3.8) is 0 Å². The maximum Gasteiger partial charge on any atom is 0.315 e. The summed E-state index contributed by atoms with van der Waals surface area (Å²) in [5.41, 5.74) is 0.397. The van der Waals surface area contributed by atoms with Crippen LogP contribution in [0.5, 0.6) is 0 Å². The lowest BCUT2D eigenvalue weighted by Crippen LogP contribution is -2.48. The van der Waals surface area contributed by atoms with Crippen LogP contribution in [-0.4, -0.2) is 27.6 Å². The highest BCUT2D eigenvalue weighted by Gasteiger charge is 2.21. The molecule has 0 bridgehead atoms. The maximum atomic E-state index is 11.7. The SMILES string of the molecule is CC(C)(CCC(=O)O)NC(=O)NCc1ccncc1. The Morgan fingerprint density at radius 3 is 2.53 bits per heavy atom. The molecule has 3 N–H and O–H groups in total. The molecular formula is C13H19N3O3. The number of carbonyl (C=O) groups is 2. The number of aromatic nitrogens is 1. The van der Waals surface area contributed by atoms with E-state index in [1.807, 2.05) is 12.1 Å². The van der Waals surface area contributed by atoms with Crippen molar-refractivity contribution in [1.82, 2.24) is 15.6 Å². The number of carboxylic acids is 1. The fourth-order valence-electron chi connectivity index (χ4n) is 1.52. The summed E-state index contributed by atoms with van der Waals surface area (Å²) >= 11 is 0. The lowest BCUT2D eigenvalue weighted by atomic mass is 9.99. The van der Waals surface area contributed by atoms with Crippen LogP contribution < -0.4 is 10.6 Å². The van der Waals surface area contributed by atoms with E-state index in [9.17, 15) is 9.59 Å². The third kappa shape index (κ3) is 6.40. The fourth-order valence-corrected chi connectivity index (χ4v) is 1.52. The van der Waals surface area contributed by atoms with Gasteiger partial charge in [0.2, 0.25) is 0 Å². The number of hydrogen-bond acceptors (Lipinski definition) is 3. The number of aliphatic carboxylic acids is 1. The molecule has 0 aliphatic rings. The van der Waals surface area contributed by atoms with Crippen LogP contribution in [0.4, 0.5) is 4.79 Å². The standard InChI is InChI=1S/C13H19N3O3/c1-13(2,6-3-11(17)18)16-12(19)15-9-10-4-7-14-8-5-10/h4-5,7-8H,3,6,9H2,1-2H3,(H,17,18)(H2,15,16,19). The number of carbonyl (C=O) groups excluding carboxylic acids is 1. The largest absolute Gasteiger partial charge is 0.481 e. The summed E-state index contributed by atoms with van der Waals surface area (Å²) in [4.78, 5) is 26.1. The van der Waals surface area contributed by atoms with Crippen LogP contribution in [0.25, 0.3) is 0 Å². The van der Waals surface area contributed by atoms with Gasteiger partial charge in [0.15, 0.2) is 0 Å². The quantitative estimate of drug-likeness (QED) is 0.727. The van der Waals surface area contributed by atoms with E-state index in [0.717, 1.165) is 5.56 Å². The predicted molar refractivity (Wildman–Crippen MR) is 70.6 cm³/mol. The zero-order valence-corrected chi connectivity index (χ0v) is 11.1. The molecule has 0 unspecified atom stereocenters. The lowest BCUT2D eigenvalue weighted by molar-refractivity contribution is -0.137. The van der Waals surface area contributed by atoms with Crippen molar-refractivity contribution in [1.29, 1.82) is 0 Å². The van der Waals surface area contributed by atoms with Crippen molar-refractivity contribution >= 4 is 12.0 Å². The summed E-state index contributed by atoms with van der Waals surface area (Å²) < 4.78 is 0.